The van der Waals surface area contributed by atoms with Crippen LogP contribution in [0.15, 0.2) is 12.1 Å². The van der Waals surface area contributed by atoms with Gasteiger partial charge in [0.1, 0.15) is 11.6 Å². The molecule has 7 heteroatoms. The van der Waals surface area contributed by atoms with Gasteiger partial charge in [-0.25, -0.2) is 10.8 Å². The highest BCUT2D eigenvalue weighted by molar-refractivity contribution is 5.54. The Morgan fingerprint density at radius 2 is 2.18 bits per heavy atom. The van der Waals surface area contributed by atoms with Crippen LogP contribution in [0, 0.1) is 16.0 Å². The van der Waals surface area contributed by atoms with Gasteiger partial charge in [0, 0.05) is 6.04 Å². The highest BCUT2D eigenvalue weighted by Crippen LogP contribution is 2.34. The number of nitro groups is 1. The smallest absolute Gasteiger partial charge is 0.276 e. The van der Waals surface area contributed by atoms with E-state index in [9.17, 15) is 10.1 Å². The van der Waals surface area contributed by atoms with Crippen LogP contribution < -0.4 is 16.6 Å². The third-order valence-electron chi connectivity index (χ3n) is 2.87. The van der Waals surface area contributed by atoms with Crippen molar-refractivity contribution in [2.45, 2.75) is 25.8 Å². The molecule has 1 aliphatic rings. The van der Waals surface area contributed by atoms with E-state index in [2.05, 4.69) is 15.7 Å². The van der Waals surface area contributed by atoms with Crippen LogP contribution in [0.25, 0.3) is 0 Å². The first-order chi connectivity index (χ1) is 8.10. The first kappa shape index (κ1) is 11.6. The van der Waals surface area contributed by atoms with E-state index in [0.29, 0.717) is 11.7 Å². The van der Waals surface area contributed by atoms with Crippen LogP contribution in [0.4, 0.5) is 17.3 Å². The normalized spacial score (nSPS) is 16.4. The lowest BCUT2D eigenvalue weighted by atomic mass is 10.2. The lowest BCUT2D eigenvalue weighted by Crippen LogP contribution is -2.19. The second-order valence-corrected chi connectivity index (χ2v) is 4.27. The Morgan fingerprint density at radius 1 is 1.53 bits per heavy atom. The zero-order valence-electron chi connectivity index (χ0n) is 9.51. The molecule has 0 aliphatic heterocycles. The molecule has 1 saturated carbocycles. The number of aromatic nitrogens is 1. The van der Waals surface area contributed by atoms with Crippen molar-refractivity contribution in [3.05, 3.63) is 22.2 Å². The predicted molar refractivity (Wildman–Crippen MR) is 64.5 cm³/mol. The Hall–Kier alpha value is -1.89. The van der Waals surface area contributed by atoms with Crippen LogP contribution >= 0.6 is 0 Å². The number of hydrogen-bond acceptors (Lipinski definition) is 6. The minimum atomic E-state index is -0.463. The molecule has 1 atom stereocenters. The lowest BCUT2D eigenvalue weighted by Gasteiger charge is -2.13. The second kappa shape index (κ2) is 4.54. The first-order valence-corrected chi connectivity index (χ1v) is 5.50. The molecular formula is C10H15N5O2. The van der Waals surface area contributed by atoms with E-state index in [4.69, 9.17) is 5.84 Å². The average Bonchev–Trinajstić information content (AvgIpc) is 3.12. The number of hydrogen-bond donors (Lipinski definition) is 3. The highest BCUT2D eigenvalue weighted by atomic mass is 16.6. The van der Waals surface area contributed by atoms with Gasteiger partial charge in [-0.3, -0.25) is 10.1 Å². The summed E-state index contributed by atoms with van der Waals surface area (Å²) in [7, 11) is 0. The number of nitrogen functional groups attached to an aromatic ring is 1. The van der Waals surface area contributed by atoms with Gasteiger partial charge in [0.2, 0.25) is 0 Å². The molecule has 1 heterocycles. The summed E-state index contributed by atoms with van der Waals surface area (Å²) in [6, 6.07) is 2.99. The molecule has 1 aliphatic carbocycles. The van der Waals surface area contributed by atoms with Crippen molar-refractivity contribution in [3.63, 3.8) is 0 Å². The van der Waals surface area contributed by atoms with Gasteiger partial charge in [-0.15, -0.1) is 0 Å². The largest absolute Gasteiger partial charge is 0.367 e. The van der Waals surface area contributed by atoms with E-state index in [0.717, 1.165) is 0 Å². The molecule has 0 radical (unpaired) electrons. The van der Waals surface area contributed by atoms with Crippen molar-refractivity contribution in [1.29, 1.82) is 0 Å². The van der Waals surface area contributed by atoms with Gasteiger partial charge in [0.05, 0.1) is 17.1 Å². The zero-order valence-corrected chi connectivity index (χ0v) is 9.51. The molecule has 4 N–H and O–H groups in total. The molecule has 0 bridgehead atoms. The Kier molecular flexibility index (Phi) is 3.10. The van der Waals surface area contributed by atoms with Crippen LogP contribution in [0.5, 0.6) is 0 Å². The van der Waals surface area contributed by atoms with Gasteiger partial charge in [-0.1, -0.05) is 0 Å². The standard InChI is InChI=1S/C10H15N5O2/c1-6(7-2-3-7)12-9-4-8(15(16)17)5-10(13-9)14-11/h4-7H,2-3,11H2,1H3,(H2,12,13,14). The second-order valence-electron chi connectivity index (χ2n) is 4.27. The molecule has 17 heavy (non-hydrogen) atoms. The number of pyridine rings is 1. The minimum absolute atomic E-state index is 0.0292. The summed E-state index contributed by atoms with van der Waals surface area (Å²) in [5, 5.41) is 13.9. The molecule has 1 fully saturated rings. The average molecular weight is 237 g/mol. The summed E-state index contributed by atoms with van der Waals surface area (Å²) in [6.45, 7) is 2.05. The Morgan fingerprint density at radius 3 is 2.71 bits per heavy atom. The molecule has 1 unspecified atom stereocenters. The van der Waals surface area contributed by atoms with Crippen molar-refractivity contribution < 1.29 is 4.92 Å². The maximum atomic E-state index is 10.7. The van der Waals surface area contributed by atoms with E-state index in [-0.39, 0.29) is 17.5 Å². The SMILES string of the molecule is CC(Nc1cc([N+](=O)[O-])cc(NN)n1)C1CC1. The van der Waals surface area contributed by atoms with E-state index in [1.807, 2.05) is 6.92 Å². The molecule has 0 aromatic carbocycles. The fraction of sp³-hybridized carbons (Fsp3) is 0.500. The Balaban J connectivity index is 2.19. The number of anilines is 2. The van der Waals surface area contributed by atoms with Gasteiger partial charge < -0.3 is 10.7 Å². The number of rotatable bonds is 5. The van der Waals surface area contributed by atoms with Gasteiger partial charge in [-0.2, -0.15) is 0 Å². The number of nitrogens with one attached hydrogen (secondary N) is 2. The zero-order chi connectivity index (χ0) is 12.4. The summed E-state index contributed by atoms with van der Waals surface area (Å²) in [4.78, 5) is 14.4. The quantitative estimate of drug-likeness (QED) is 0.407. The summed E-state index contributed by atoms with van der Waals surface area (Å²) in [5.41, 5.74) is 2.30. The molecule has 1 aromatic heterocycles. The van der Waals surface area contributed by atoms with E-state index in [1.54, 1.807) is 0 Å². The molecule has 92 valence electrons. The van der Waals surface area contributed by atoms with Gasteiger partial charge in [0.15, 0.2) is 0 Å². The molecule has 0 saturated heterocycles. The van der Waals surface area contributed by atoms with Crippen molar-refractivity contribution in [2.75, 3.05) is 10.7 Å². The third-order valence-corrected chi connectivity index (χ3v) is 2.87. The van der Waals surface area contributed by atoms with Crippen LogP contribution in [0.3, 0.4) is 0 Å². The molecule has 0 spiro atoms. The summed E-state index contributed by atoms with van der Waals surface area (Å²) >= 11 is 0. The van der Waals surface area contributed by atoms with Crippen LogP contribution in [-0.2, 0) is 0 Å². The Labute approximate surface area is 98.5 Å². The monoisotopic (exact) mass is 237 g/mol. The number of hydrazine groups is 1. The van der Waals surface area contributed by atoms with Crippen LogP contribution in [-0.4, -0.2) is 15.9 Å². The summed E-state index contributed by atoms with van der Waals surface area (Å²) < 4.78 is 0. The summed E-state index contributed by atoms with van der Waals surface area (Å²) in [5.74, 6) is 6.63. The van der Waals surface area contributed by atoms with Crippen molar-refractivity contribution >= 4 is 17.3 Å². The molecular weight excluding hydrogens is 222 g/mol. The van der Waals surface area contributed by atoms with Gasteiger partial charge >= 0.3 is 0 Å². The van der Waals surface area contributed by atoms with Crippen LogP contribution in [0.2, 0.25) is 0 Å². The maximum absolute atomic E-state index is 10.7. The number of nitrogens with two attached hydrogens (primary N) is 1. The van der Waals surface area contributed by atoms with Gasteiger partial charge in [-0.05, 0) is 25.7 Å². The van der Waals surface area contributed by atoms with E-state index >= 15 is 0 Å². The van der Waals surface area contributed by atoms with Crippen LogP contribution in [0.1, 0.15) is 19.8 Å². The predicted octanol–water partition coefficient (Wildman–Crippen LogP) is 1.49. The fourth-order valence-corrected chi connectivity index (χ4v) is 1.72. The molecule has 2 rings (SSSR count). The van der Waals surface area contributed by atoms with E-state index in [1.165, 1.54) is 25.0 Å². The van der Waals surface area contributed by atoms with Crippen molar-refractivity contribution in [2.24, 2.45) is 11.8 Å². The van der Waals surface area contributed by atoms with Crippen molar-refractivity contribution in [1.82, 2.24) is 4.98 Å². The molecule has 0 amide bonds. The highest BCUT2D eigenvalue weighted by Gasteiger charge is 2.28. The van der Waals surface area contributed by atoms with Crippen molar-refractivity contribution in [3.8, 4) is 0 Å². The number of nitrogens with zero attached hydrogens (tertiary/aromatic N) is 2. The third kappa shape index (κ3) is 2.82. The maximum Gasteiger partial charge on any atom is 0.276 e. The first-order valence-electron chi connectivity index (χ1n) is 5.50. The lowest BCUT2D eigenvalue weighted by molar-refractivity contribution is -0.384. The molecule has 1 aromatic rings. The topological polar surface area (TPSA) is 106 Å². The van der Waals surface area contributed by atoms with E-state index < -0.39 is 4.92 Å². The minimum Gasteiger partial charge on any atom is -0.367 e. The van der Waals surface area contributed by atoms with Gasteiger partial charge in [0.25, 0.3) is 5.69 Å². The Bertz CT molecular complexity index is 433. The fourth-order valence-electron chi connectivity index (χ4n) is 1.72. The summed E-state index contributed by atoms with van der Waals surface area (Å²) in [6.07, 6.45) is 2.40. The molecule has 7 nitrogen and oxygen atoms in total.